The molecule has 5 rings (SSSR count). The van der Waals surface area contributed by atoms with Crippen molar-refractivity contribution in [2.75, 3.05) is 14.1 Å². The van der Waals surface area contributed by atoms with E-state index in [9.17, 15) is 9.18 Å². The molecule has 0 bridgehead atoms. The maximum Gasteiger partial charge on any atom is 0.239 e. The van der Waals surface area contributed by atoms with Crippen molar-refractivity contribution in [3.8, 4) is 6.07 Å². The maximum absolute atomic E-state index is 14.7. The molecule has 0 saturated heterocycles. The molecule has 2 heterocycles. The smallest absolute Gasteiger partial charge is 0.239 e. The Balaban J connectivity index is 1.49. The Morgan fingerprint density at radius 1 is 1.39 bits per heavy atom. The van der Waals surface area contributed by atoms with Crippen LogP contribution >= 0.6 is 11.8 Å². The fraction of sp³-hybridized carbons (Fsp3) is 0.318. The van der Waals surface area contributed by atoms with E-state index in [-0.39, 0.29) is 23.2 Å². The van der Waals surface area contributed by atoms with Gasteiger partial charge in [-0.25, -0.2) is 14.4 Å². The van der Waals surface area contributed by atoms with Gasteiger partial charge in [0, 0.05) is 26.4 Å². The lowest BCUT2D eigenvalue weighted by Gasteiger charge is -2.45. The Morgan fingerprint density at radius 2 is 2.19 bits per heavy atom. The van der Waals surface area contributed by atoms with Gasteiger partial charge in [-0.2, -0.15) is 5.26 Å². The van der Waals surface area contributed by atoms with Gasteiger partial charge in [0.2, 0.25) is 5.91 Å². The second-order valence-corrected chi connectivity index (χ2v) is 9.66. The molecule has 0 radical (unpaired) electrons. The Bertz CT molecular complexity index is 1220. The van der Waals surface area contributed by atoms with Crippen molar-refractivity contribution in [3.05, 3.63) is 58.7 Å². The fourth-order valence-electron chi connectivity index (χ4n) is 4.71. The van der Waals surface area contributed by atoms with E-state index in [1.54, 1.807) is 19.0 Å². The number of benzene rings is 1. The van der Waals surface area contributed by atoms with Crippen molar-refractivity contribution in [1.29, 1.82) is 5.26 Å². The van der Waals surface area contributed by atoms with Gasteiger partial charge in [0.25, 0.3) is 0 Å². The molecule has 2 aliphatic carbocycles. The number of aromatic nitrogens is 2. The summed E-state index contributed by atoms with van der Waals surface area (Å²) in [4.78, 5) is 27.1. The van der Waals surface area contributed by atoms with Gasteiger partial charge in [0.15, 0.2) is 16.7 Å². The summed E-state index contributed by atoms with van der Waals surface area (Å²) in [6.45, 7) is 0. The quantitative estimate of drug-likeness (QED) is 0.795. The van der Waals surface area contributed by atoms with Gasteiger partial charge in [0.1, 0.15) is 16.5 Å². The summed E-state index contributed by atoms with van der Waals surface area (Å²) in [6.07, 6.45) is 5.32. The first kappa shape index (κ1) is 19.7. The Hall–Kier alpha value is -3.25. The number of halogens is 1. The number of hydrogen-bond donors (Lipinski definition) is 1. The zero-order valence-corrected chi connectivity index (χ0v) is 17.8. The highest BCUT2D eigenvalue weighted by atomic mass is 32.2. The van der Waals surface area contributed by atoms with Crippen LogP contribution in [0, 0.1) is 17.2 Å². The van der Waals surface area contributed by atoms with Crippen molar-refractivity contribution >= 4 is 34.7 Å². The van der Waals surface area contributed by atoms with Gasteiger partial charge in [-0.1, -0.05) is 23.9 Å². The van der Waals surface area contributed by atoms with Crippen LogP contribution in [0.3, 0.4) is 0 Å². The van der Waals surface area contributed by atoms with Crippen LogP contribution in [0.25, 0.3) is 11.9 Å². The number of carbonyl (C=O) groups excluding carboxylic acids is 1. The third-order valence-corrected chi connectivity index (χ3v) is 7.51. The molecule has 1 amide bonds. The lowest BCUT2D eigenvalue weighted by Crippen LogP contribution is -2.49. The number of amides is 1. The van der Waals surface area contributed by atoms with E-state index in [2.05, 4.69) is 9.97 Å². The number of hydrogen-bond acceptors (Lipinski definition) is 7. The van der Waals surface area contributed by atoms with E-state index >= 15 is 0 Å². The second-order valence-electron chi connectivity index (χ2n) is 8.31. The summed E-state index contributed by atoms with van der Waals surface area (Å²) in [6, 6.07) is 7.59. The first-order valence-electron chi connectivity index (χ1n) is 9.78. The van der Waals surface area contributed by atoms with Crippen LogP contribution in [-0.2, 0) is 16.8 Å². The monoisotopic (exact) mass is 434 g/mol. The average molecular weight is 435 g/mol. The molecule has 3 aliphatic rings. The number of nitriles is 1. The topological polar surface area (TPSA) is 108 Å². The largest absolute Gasteiger partial charge is 0.378 e. The number of nitrogens with two attached hydrogens (primary N) is 1. The maximum atomic E-state index is 14.7. The molecule has 3 atom stereocenters. The SMILES string of the molecule is CN(C)C(=O)C12C[C@H]1[C@]1(Cc3ccc(/C=C(\F)c4cnc(C#N)cn4)cc31)N=C(N)S2. The Kier molecular flexibility index (Phi) is 4.21. The van der Waals surface area contributed by atoms with Crippen molar-refractivity contribution in [3.63, 3.8) is 0 Å². The molecule has 1 aliphatic heterocycles. The predicted octanol–water partition coefficient (Wildman–Crippen LogP) is 2.48. The highest BCUT2D eigenvalue weighted by Crippen LogP contribution is 2.69. The van der Waals surface area contributed by atoms with Crippen LogP contribution in [0.15, 0.2) is 35.6 Å². The molecule has 31 heavy (non-hydrogen) atoms. The molecule has 1 spiro atoms. The number of thioether (sulfide) groups is 1. The molecule has 7 nitrogen and oxygen atoms in total. The summed E-state index contributed by atoms with van der Waals surface area (Å²) in [5.74, 6) is -0.404. The fourth-order valence-corrected chi connectivity index (χ4v) is 6.15. The van der Waals surface area contributed by atoms with Crippen LogP contribution in [-0.4, -0.2) is 44.8 Å². The summed E-state index contributed by atoms with van der Waals surface area (Å²) in [5, 5.41) is 9.23. The van der Waals surface area contributed by atoms with Crippen LogP contribution in [0.4, 0.5) is 4.39 Å². The van der Waals surface area contributed by atoms with E-state index in [4.69, 9.17) is 16.0 Å². The first-order valence-corrected chi connectivity index (χ1v) is 10.6. The van der Waals surface area contributed by atoms with Gasteiger partial charge in [-0.05, 0) is 35.3 Å². The first-order chi connectivity index (χ1) is 14.8. The number of rotatable bonds is 3. The predicted molar refractivity (Wildman–Crippen MR) is 116 cm³/mol. The number of carbonyl (C=O) groups is 1. The lowest BCUT2D eigenvalue weighted by molar-refractivity contribution is -0.129. The van der Waals surface area contributed by atoms with Crippen molar-refractivity contribution in [2.24, 2.45) is 16.6 Å². The Labute approximate surface area is 182 Å². The average Bonchev–Trinajstić information content (AvgIpc) is 3.49. The van der Waals surface area contributed by atoms with Crippen LogP contribution in [0.5, 0.6) is 0 Å². The van der Waals surface area contributed by atoms with Gasteiger partial charge in [0.05, 0.1) is 17.9 Å². The van der Waals surface area contributed by atoms with Crippen molar-refractivity contribution < 1.29 is 9.18 Å². The van der Waals surface area contributed by atoms with Gasteiger partial charge in [-0.15, -0.1) is 0 Å². The van der Waals surface area contributed by atoms with Crippen molar-refractivity contribution in [2.45, 2.75) is 23.1 Å². The highest BCUT2D eigenvalue weighted by Gasteiger charge is 2.73. The minimum Gasteiger partial charge on any atom is -0.378 e. The number of fused-ring (bicyclic) bond motifs is 4. The van der Waals surface area contributed by atoms with E-state index in [0.29, 0.717) is 10.7 Å². The van der Waals surface area contributed by atoms with Crippen LogP contribution in [0.2, 0.25) is 0 Å². The minimum absolute atomic E-state index is 0.0607. The molecule has 1 aromatic carbocycles. The molecule has 2 aromatic rings. The zero-order chi connectivity index (χ0) is 22.0. The van der Waals surface area contributed by atoms with E-state index in [1.807, 2.05) is 24.3 Å². The summed E-state index contributed by atoms with van der Waals surface area (Å²) in [7, 11) is 3.52. The molecule has 1 unspecified atom stereocenters. The number of nitrogens with zero attached hydrogens (tertiary/aromatic N) is 5. The van der Waals surface area contributed by atoms with Gasteiger partial charge < -0.3 is 10.6 Å². The summed E-state index contributed by atoms with van der Waals surface area (Å²) >= 11 is 1.37. The minimum atomic E-state index is -0.553. The Morgan fingerprint density at radius 3 is 2.87 bits per heavy atom. The lowest BCUT2D eigenvalue weighted by atomic mass is 9.66. The highest BCUT2D eigenvalue weighted by molar-refractivity contribution is 8.15. The third kappa shape index (κ3) is 2.86. The molecular formula is C22H19FN6OS. The zero-order valence-electron chi connectivity index (χ0n) is 17.0. The molecule has 1 saturated carbocycles. The number of aliphatic imine (C=N–C) groups is 1. The van der Waals surface area contributed by atoms with E-state index < -0.39 is 16.1 Å². The van der Waals surface area contributed by atoms with Crippen LogP contribution in [0.1, 0.15) is 34.5 Å². The summed E-state index contributed by atoms with van der Waals surface area (Å²) in [5.41, 5.74) is 8.64. The molecule has 1 aromatic heterocycles. The number of amidine groups is 1. The normalized spacial score (nSPS) is 28.0. The molecule has 2 N–H and O–H groups in total. The molecule has 1 fully saturated rings. The molecule has 9 heteroatoms. The van der Waals surface area contributed by atoms with E-state index in [1.165, 1.54) is 30.2 Å². The molecular weight excluding hydrogens is 415 g/mol. The molecule has 156 valence electrons. The summed E-state index contributed by atoms with van der Waals surface area (Å²) < 4.78 is 14.2. The third-order valence-electron chi connectivity index (χ3n) is 6.22. The van der Waals surface area contributed by atoms with Gasteiger partial charge >= 0.3 is 0 Å². The van der Waals surface area contributed by atoms with Crippen molar-refractivity contribution in [1.82, 2.24) is 14.9 Å². The standard InChI is InChI=1S/C22H19FN6OS/c1-29(2)19(30)22-8-18(22)21(28-20(25)31-22)7-13-4-3-12(5-15(13)21)6-16(23)17-11-26-14(9-24)10-27-17/h3-6,10-11,18H,7-8H2,1-2H3,(H2,25,28)/b16-6-/t18-,21+,22?/m0/s1. The van der Waals surface area contributed by atoms with E-state index in [0.717, 1.165) is 24.0 Å². The second kappa shape index (κ2) is 6.62. The van der Waals surface area contributed by atoms with Crippen LogP contribution < -0.4 is 5.73 Å². The van der Waals surface area contributed by atoms with Gasteiger partial charge in [-0.3, -0.25) is 9.79 Å².